The van der Waals surface area contributed by atoms with E-state index in [2.05, 4.69) is 199 Å². The van der Waals surface area contributed by atoms with E-state index < -0.39 is 15.9 Å². The second kappa shape index (κ2) is 15.9. The van der Waals surface area contributed by atoms with Crippen molar-refractivity contribution in [2.24, 2.45) is 0 Å². The number of allylic oxidation sites excluding steroid dienone is 4. The average molecular weight is 992 g/mol. The summed E-state index contributed by atoms with van der Waals surface area (Å²) in [6, 6.07) is 56.7. The van der Waals surface area contributed by atoms with E-state index in [4.69, 9.17) is 23.2 Å². The number of hydrogen-bond acceptors (Lipinski definition) is 0. The Morgan fingerprint density at radius 3 is 1.23 bits per heavy atom. The molecule has 5 heteroatoms. The molecule has 318 valence electrons. The summed E-state index contributed by atoms with van der Waals surface area (Å²) < 4.78 is 0.328. The summed E-state index contributed by atoms with van der Waals surface area (Å²) in [5.41, 5.74) is 13.7. The zero-order valence-electron chi connectivity index (χ0n) is 37.0. The summed E-state index contributed by atoms with van der Waals surface area (Å²) in [6.45, 7) is 13.9. The van der Waals surface area contributed by atoms with Gasteiger partial charge in [0.1, 0.15) is 0 Å². The zero-order chi connectivity index (χ0) is 44.8. The molecule has 8 aromatic rings. The summed E-state index contributed by atoms with van der Waals surface area (Å²) >= 11 is 8.13. The quantitative estimate of drug-likeness (QED) is 0.156. The first-order chi connectivity index (χ1) is 30.5. The summed E-state index contributed by atoms with van der Waals surface area (Å²) in [5.74, 6) is 0. The molecule has 2 aliphatic rings. The molecule has 0 saturated heterocycles. The van der Waals surface area contributed by atoms with Gasteiger partial charge in [-0.05, 0) is 0 Å². The van der Waals surface area contributed by atoms with Crippen molar-refractivity contribution < 1.29 is 15.9 Å². The second-order valence-corrected chi connectivity index (χ2v) is 41.3. The van der Waals surface area contributed by atoms with Crippen molar-refractivity contribution >= 4 is 65.0 Å². The van der Waals surface area contributed by atoms with Crippen LogP contribution >= 0.6 is 40.2 Å². The average Bonchev–Trinajstić information content (AvgIpc) is 3.95. The Kier molecular flexibility index (Phi) is 10.8. The molecule has 0 amide bonds. The van der Waals surface area contributed by atoms with Gasteiger partial charge in [0.15, 0.2) is 0 Å². The molecule has 10 rings (SSSR count). The normalized spacial score (nSPS) is 14.4. The van der Waals surface area contributed by atoms with Crippen molar-refractivity contribution in [2.45, 2.75) is 59.6 Å². The van der Waals surface area contributed by atoms with Gasteiger partial charge < -0.3 is 0 Å². The van der Waals surface area contributed by atoms with Crippen LogP contribution in [0.5, 0.6) is 0 Å². The van der Waals surface area contributed by atoms with E-state index in [-0.39, 0.29) is 18.1 Å². The van der Waals surface area contributed by atoms with Crippen LogP contribution in [-0.4, -0.2) is 3.21 Å². The Bertz CT molecular complexity index is 3110. The topological polar surface area (TPSA) is 0 Å². The van der Waals surface area contributed by atoms with Crippen molar-refractivity contribution in [3.05, 3.63) is 225 Å². The minimum atomic E-state index is -6.05. The van der Waals surface area contributed by atoms with Gasteiger partial charge in [0.05, 0.1) is 0 Å². The van der Waals surface area contributed by atoms with Gasteiger partial charge >= 0.3 is 399 Å². The molecule has 0 nitrogen and oxygen atoms in total. The van der Waals surface area contributed by atoms with Crippen LogP contribution in [0.4, 0.5) is 0 Å². The van der Waals surface area contributed by atoms with Gasteiger partial charge in [0, 0.05) is 0 Å². The van der Waals surface area contributed by atoms with Gasteiger partial charge in [0.2, 0.25) is 0 Å². The van der Waals surface area contributed by atoms with Crippen molar-refractivity contribution in [3.63, 3.8) is 0 Å². The minimum absolute atomic E-state index is 0.173. The number of fused-ring (bicyclic) bond motifs is 5. The van der Waals surface area contributed by atoms with E-state index in [0.717, 1.165) is 35.9 Å². The fourth-order valence-corrected chi connectivity index (χ4v) is 30.5. The van der Waals surface area contributed by atoms with Crippen LogP contribution < -0.4 is 0 Å². The maximum absolute atomic E-state index is 9.40. The summed E-state index contributed by atoms with van der Waals surface area (Å²) in [7, 11) is 18.8. The molecule has 0 unspecified atom stereocenters. The Balaban J connectivity index is 1.48. The van der Waals surface area contributed by atoms with Crippen LogP contribution in [-0.2, 0) is 26.7 Å². The monoisotopic (exact) mass is 988 g/mol. The van der Waals surface area contributed by atoms with Gasteiger partial charge in [0.25, 0.3) is 0 Å². The van der Waals surface area contributed by atoms with E-state index in [1.807, 2.05) is 24.3 Å². The molecule has 0 spiro atoms. The molecule has 0 saturated carbocycles. The van der Waals surface area contributed by atoms with Crippen molar-refractivity contribution in [1.82, 2.24) is 0 Å². The molecule has 0 atom stereocenters. The van der Waals surface area contributed by atoms with E-state index in [1.165, 1.54) is 55.6 Å². The van der Waals surface area contributed by atoms with Crippen LogP contribution in [0.3, 0.4) is 0 Å². The van der Waals surface area contributed by atoms with Crippen molar-refractivity contribution in [1.29, 1.82) is 0 Å². The fourth-order valence-electron chi connectivity index (χ4n) is 10.8. The standard InChI is InChI=1S/C33H33.C21H12Cl2.C5H5.2ClH.Zr/c1-32(2,3)30-20-26-24(18-28(30)22-13-9-7-10-14-22)17-25-19-29(23-15-11-8-12-16-23)31(21-27(25)26)33(4,5)6;22-20-11-3-7-16-14(5-1-9-18(16)20)13-15-6-2-10-19-17(15)8-4-12-21(19)23;1-2-4-5-3-1;;;/h7-21H,1-6H3;1-12H;1-5H;2*1H;/q;;;;;+2/p-2. The molecule has 64 heavy (non-hydrogen) atoms. The van der Waals surface area contributed by atoms with E-state index in [1.54, 1.807) is 0 Å². The van der Waals surface area contributed by atoms with Crippen LogP contribution in [0.2, 0.25) is 13.7 Å². The first-order valence-corrected chi connectivity index (χ1v) is 33.3. The van der Waals surface area contributed by atoms with Crippen LogP contribution in [0, 0.1) is 0 Å². The number of rotatable bonds is 6. The second-order valence-electron chi connectivity index (χ2n) is 19.7. The van der Waals surface area contributed by atoms with Crippen LogP contribution in [0.1, 0.15) is 78.5 Å². The molecular weight excluding hydrogens is 942 g/mol. The molecule has 8 aromatic carbocycles. The molecule has 0 aromatic heterocycles. The third-order valence-electron chi connectivity index (χ3n) is 13.7. The zero-order valence-corrected chi connectivity index (χ0v) is 42.5. The number of benzene rings is 8. The summed E-state index contributed by atoms with van der Waals surface area (Å²) in [6.07, 6.45) is 8.80. The SMILES string of the molecule is CC(C)(C)c1cc2c(cc1-c1ccccc1)[CH]([Zr]([Cl])([Cl])(=[C](c1cccc3c(Cl)cccc13)c1cccc3c(Cl)cccc13)[CH]1C=CC=C1)c1cc(-c3ccccc3)c(C(C)(C)C)cc1-2. The Hall–Kier alpha value is -4.33. The predicted octanol–water partition coefficient (Wildman–Crippen LogP) is 18.5. The molecule has 0 fully saturated rings. The predicted molar refractivity (Wildman–Crippen MR) is 277 cm³/mol. The van der Waals surface area contributed by atoms with Gasteiger partial charge in [-0.2, -0.15) is 0 Å². The Morgan fingerprint density at radius 1 is 0.438 bits per heavy atom. The third kappa shape index (κ3) is 7.00. The maximum atomic E-state index is 9.40. The van der Waals surface area contributed by atoms with E-state index in [0.29, 0.717) is 10.0 Å². The van der Waals surface area contributed by atoms with Gasteiger partial charge in [-0.15, -0.1) is 0 Å². The molecule has 0 aliphatic heterocycles. The Labute approximate surface area is 395 Å². The summed E-state index contributed by atoms with van der Waals surface area (Å²) in [5, 5.41) is 5.29. The number of hydrogen-bond donors (Lipinski definition) is 0. The van der Waals surface area contributed by atoms with E-state index in [9.17, 15) is 17.0 Å². The first-order valence-electron chi connectivity index (χ1n) is 22.2. The molecule has 0 heterocycles. The first kappa shape index (κ1) is 43.6. The van der Waals surface area contributed by atoms with Crippen LogP contribution in [0.25, 0.3) is 54.9 Å². The van der Waals surface area contributed by atoms with Crippen molar-refractivity contribution in [2.75, 3.05) is 0 Å². The van der Waals surface area contributed by atoms with Gasteiger partial charge in [-0.1, -0.05) is 0 Å². The molecule has 2 aliphatic carbocycles. The molecular formula is C59H50Cl4Zr. The molecule has 0 radical (unpaired) electrons. The fraction of sp³-hybridized carbons (Fsp3) is 0.169. The van der Waals surface area contributed by atoms with Crippen LogP contribution in [0.15, 0.2) is 182 Å². The number of halogens is 4. The van der Waals surface area contributed by atoms with Crippen molar-refractivity contribution in [3.8, 4) is 33.4 Å². The molecule has 0 N–H and O–H groups in total. The molecule has 0 bridgehead atoms. The van der Waals surface area contributed by atoms with Gasteiger partial charge in [-0.3, -0.25) is 0 Å². The summed E-state index contributed by atoms with van der Waals surface area (Å²) in [4.78, 5) is 0. The van der Waals surface area contributed by atoms with E-state index >= 15 is 0 Å². The van der Waals surface area contributed by atoms with Gasteiger partial charge in [-0.25, -0.2) is 0 Å². The Morgan fingerprint density at radius 2 is 0.828 bits per heavy atom. The third-order valence-corrected chi connectivity index (χ3v) is 33.9.